The van der Waals surface area contributed by atoms with Crippen LogP contribution in [0.1, 0.15) is 16.1 Å². The summed E-state index contributed by atoms with van der Waals surface area (Å²) in [5.41, 5.74) is -0.241. The lowest BCUT2D eigenvalue weighted by molar-refractivity contribution is 0.0468. The highest BCUT2D eigenvalue weighted by molar-refractivity contribution is 7.15. The van der Waals surface area contributed by atoms with E-state index in [0.717, 1.165) is 4.57 Å². The quantitative estimate of drug-likeness (QED) is 0.423. The van der Waals surface area contributed by atoms with Crippen molar-refractivity contribution in [3.8, 4) is 5.69 Å². The minimum Gasteiger partial charge on any atom is -0.456 e. The Morgan fingerprint density at radius 2 is 1.88 bits per heavy atom. The van der Waals surface area contributed by atoms with Crippen LogP contribution < -0.4 is 16.8 Å². The number of nitrogens with zero attached hydrogens (tertiary/aromatic N) is 3. The zero-order valence-corrected chi connectivity index (χ0v) is 17.2. The fourth-order valence-electron chi connectivity index (χ4n) is 3.34. The summed E-state index contributed by atoms with van der Waals surface area (Å²) in [5.74, 6) is -0.673. The summed E-state index contributed by atoms with van der Waals surface area (Å²) in [7, 11) is 0. The zero-order valence-electron chi connectivity index (χ0n) is 16.3. The highest BCUT2D eigenvalue weighted by atomic mass is 32.1. The average molecular weight is 446 g/mol. The molecule has 5 rings (SSSR count). The molecule has 3 aromatic heterocycles. The summed E-state index contributed by atoms with van der Waals surface area (Å²) < 4.78 is 7.71. The van der Waals surface area contributed by atoms with Crippen molar-refractivity contribution in [2.24, 2.45) is 0 Å². The molecule has 3 heterocycles. The lowest BCUT2D eigenvalue weighted by Crippen LogP contribution is -2.33. The van der Waals surface area contributed by atoms with Crippen LogP contribution in [0.15, 0.2) is 80.6 Å². The number of thiazole rings is 1. The molecule has 0 saturated carbocycles. The summed E-state index contributed by atoms with van der Waals surface area (Å²) in [6, 6.07) is 14.2. The molecular weight excluding hydrogens is 432 g/mol. The maximum Gasteiger partial charge on any atom is 0.338 e. The number of rotatable bonds is 4. The van der Waals surface area contributed by atoms with E-state index in [9.17, 15) is 19.2 Å². The number of esters is 1. The molecule has 0 bridgehead atoms. The maximum absolute atomic E-state index is 12.8. The van der Waals surface area contributed by atoms with Gasteiger partial charge in [0.05, 0.1) is 27.8 Å². The van der Waals surface area contributed by atoms with E-state index >= 15 is 0 Å². The number of nitrogens with one attached hydrogen (secondary N) is 1. The van der Waals surface area contributed by atoms with Crippen molar-refractivity contribution in [3.05, 3.63) is 109 Å². The van der Waals surface area contributed by atoms with Gasteiger partial charge in [-0.2, -0.15) is 0 Å². The molecule has 0 aliphatic rings. The van der Waals surface area contributed by atoms with E-state index in [1.165, 1.54) is 40.0 Å². The van der Waals surface area contributed by atoms with Crippen molar-refractivity contribution in [1.82, 2.24) is 18.9 Å². The van der Waals surface area contributed by atoms with Crippen LogP contribution in [0, 0.1) is 0 Å². The molecule has 0 spiro atoms. The van der Waals surface area contributed by atoms with Gasteiger partial charge in [0.2, 0.25) is 0 Å². The standard InChI is InChI=1S/C22H14N4O5S/c27-18-11-14(23-22-25(18)8-9-32-22)12-31-20(29)13-6-7-16-17(10-13)24-21(30)26(19(16)28)15-4-2-1-3-5-15/h1-11H,12H2,(H,24,30). The van der Waals surface area contributed by atoms with Gasteiger partial charge in [0.25, 0.3) is 11.1 Å². The van der Waals surface area contributed by atoms with Crippen LogP contribution in [-0.4, -0.2) is 24.9 Å². The molecule has 9 nitrogen and oxygen atoms in total. The molecule has 5 aromatic rings. The van der Waals surface area contributed by atoms with Gasteiger partial charge in [0, 0.05) is 17.6 Å². The SMILES string of the molecule is O=C(OCc1cc(=O)n2ccsc2n1)c1ccc2c(=O)n(-c3ccccc3)c(=O)[nH]c2c1. The Kier molecular flexibility index (Phi) is 4.75. The van der Waals surface area contributed by atoms with E-state index in [-0.39, 0.29) is 28.6 Å². The molecule has 0 radical (unpaired) electrons. The third-order valence-corrected chi connectivity index (χ3v) is 5.61. The zero-order chi connectivity index (χ0) is 22.2. The summed E-state index contributed by atoms with van der Waals surface area (Å²) in [6.07, 6.45) is 1.62. The van der Waals surface area contributed by atoms with Crippen molar-refractivity contribution in [1.29, 1.82) is 0 Å². The first kappa shape index (κ1) is 19.6. The Balaban J connectivity index is 1.44. The second-order valence-electron chi connectivity index (χ2n) is 6.88. The monoisotopic (exact) mass is 446 g/mol. The highest BCUT2D eigenvalue weighted by Crippen LogP contribution is 2.13. The molecule has 1 N–H and O–H groups in total. The van der Waals surface area contributed by atoms with Crippen LogP contribution >= 0.6 is 11.3 Å². The van der Waals surface area contributed by atoms with Crippen molar-refractivity contribution < 1.29 is 9.53 Å². The summed E-state index contributed by atoms with van der Waals surface area (Å²) in [6.45, 7) is -0.188. The largest absolute Gasteiger partial charge is 0.456 e. The fraction of sp³-hybridized carbons (Fsp3) is 0.0455. The first-order valence-corrected chi connectivity index (χ1v) is 10.4. The van der Waals surface area contributed by atoms with E-state index in [2.05, 4.69) is 9.97 Å². The van der Waals surface area contributed by atoms with Gasteiger partial charge in [-0.15, -0.1) is 11.3 Å². The van der Waals surface area contributed by atoms with Crippen LogP contribution in [0.5, 0.6) is 0 Å². The number of carbonyl (C=O) groups excluding carboxylic acids is 1. The minimum absolute atomic E-state index is 0.152. The minimum atomic E-state index is -0.673. The average Bonchev–Trinajstić information content (AvgIpc) is 3.27. The number of carbonyl (C=O) groups is 1. The summed E-state index contributed by atoms with van der Waals surface area (Å²) in [4.78, 5) is 57.3. The van der Waals surface area contributed by atoms with Gasteiger partial charge in [-0.25, -0.2) is 19.1 Å². The molecule has 158 valence electrons. The number of hydrogen-bond acceptors (Lipinski definition) is 7. The predicted molar refractivity (Wildman–Crippen MR) is 119 cm³/mol. The first-order chi connectivity index (χ1) is 15.5. The Bertz CT molecular complexity index is 1660. The maximum atomic E-state index is 12.8. The van der Waals surface area contributed by atoms with Crippen LogP contribution in [0.3, 0.4) is 0 Å². The van der Waals surface area contributed by atoms with Crippen LogP contribution in [-0.2, 0) is 11.3 Å². The van der Waals surface area contributed by atoms with E-state index < -0.39 is 17.2 Å². The van der Waals surface area contributed by atoms with Crippen molar-refractivity contribution in [2.45, 2.75) is 6.61 Å². The van der Waals surface area contributed by atoms with E-state index in [4.69, 9.17) is 4.74 Å². The number of aromatic amines is 1. The van der Waals surface area contributed by atoms with Crippen LogP contribution in [0.4, 0.5) is 0 Å². The number of ether oxygens (including phenoxy) is 1. The third-order valence-electron chi connectivity index (χ3n) is 4.86. The second-order valence-corrected chi connectivity index (χ2v) is 7.76. The molecule has 0 aliphatic heterocycles. The molecule has 32 heavy (non-hydrogen) atoms. The summed E-state index contributed by atoms with van der Waals surface area (Å²) in [5, 5.41) is 1.99. The lowest BCUT2D eigenvalue weighted by atomic mass is 10.1. The number of hydrogen-bond donors (Lipinski definition) is 1. The number of benzene rings is 2. The Morgan fingerprint density at radius 1 is 1.06 bits per heavy atom. The molecule has 10 heteroatoms. The molecule has 0 atom stereocenters. The van der Waals surface area contributed by atoms with Crippen molar-refractivity contribution >= 4 is 33.2 Å². The van der Waals surface area contributed by atoms with Crippen molar-refractivity contribution in [3.63, 3.8) is 0 Å². The number of H-pyrrole nitrogens is 1. The molecule has 0 aliphatic carbocycles. The molecular formula is C22H14N4O5S. The smallest absolute Gasteiger partial charge is 0.338 e. The van der Waals surface area contributed by atoms with Gasteiger partial charge in [-0.05, 0) is 30.3 Å². The van der Waals surface area contributed by atoms with Gasteiger partial charge < -0.3 is 9.72 Å². The van der Waals surface area contributed by atoms with E-state index in [1.807, 2.05) is 0 Å². The molecule has 0 unspecified atom stereocenters. The van der Waals surface area contributed by atoms with Gasteiger partial charge in [0.1, 0.15) is 6.61 Å². The third kappa shape index (κ3) is 3.42. The van der Waals surface area contributed by atoms with Gasteiger partial charge in [-0.1, -0.05) is 18.2 Å². The van der Waals surface area contributed by atoms with E-state index in [1.54, 1.807) is 41.9 Å². The topological polar surface area (TPSA) is 116 Å². The second kappa shape index (κ2) is 7.75. The molecule has 0 amide bonds. The summed E-state index contributed by atoms with van der Waals surface area (Å²) >= 11 is 1.30. The van der Waals surface area contributed by atoms with Gasteiger partial charge in [0.15, 0.2) is 4.96 Å². The number of aromatic nitrogens is 4. The Labute approximate surface area is 182 Å². The highest BCUT2D eigenvalue weighted by Gasteiger charge is 2.14. The van der Waals surface area contributed by atoms with Crippen LogP contribution in [0.2, 0.25) is 0 Å². The van der Waals surface area contributed by atoms with Crippen LogP contribution in [0.25, 0.3) is 21.6 Å². The Morgan fingerprint density at radius 3 is 2.69 bits per heavy atom. The van der Waals surface area contributed by atoms with Gasteiger partial charge in [-0.3, -0.25) is 14.0 Å². The van der Waals surface area contributed by atoms with Gasteiger partial charge >= 0.3 is 11.7 Å². The Hall–Kier alpha value is -4.31. The fourth-order valence-corrected chi connectivity index (χ4v) is 4.08. The molecule has 2 aromatic carbocycles. The van der Waals surface area contributed by atoms with E-state index in [0.29, 0.717) is 16.3 Å². The first-order valence-electron chi connectivity index (χ1n) is 9.49. The lowest BCUT2D eigenvalue weighted by Gasteiger charge is -2.08. The number of para-hydroxylation sites is 1. The predicted octanol–water partition coefficient (Wildman–Crippen LogP) is 2.11. The molecule has 0 saturated heterocycles. The molecule has 0 fully saturated rings. The normalized spacial score (nSPS) is 11.1. The number of fused-ring (bicyclic) bond motifs is 2. The van der Waals surface area contributed by atoms with Crippen molar-refractivity contribution in [2.75, 3.05) is 0 Å².